The van der Waals surface area contributed by atoms with Crippen molar-refractivity contribution in [3.8, 4) is 10.6 Å². The van der Waals surface area contributed by atoms with Crippen LogP contribution in [0.3, 0.4) is 0 Å². The molecule has 10 heteroatoms. The second-order valence-electron chi connectivity index (χ2n) is 6.04. The second kappa shape index (κ2) is 7.96. The van der Waals surface area contributed by atoms with Crippen LogP contribution in [0, 0.1) is 24.0 Å². The van der Waals surface area contributed by atoms with Gasteiger partial charge in [0.05, 0.1) is 20.5 Å². The normalized spacial score (nSPS) is 11.5. The maximum atomic E-state index is 12.7. The Bertz CT molecular complexity index is 1160. The summed E-state index contributed by atoms with van der Waals surface area (Å²) in [6, 6.07) is 11.0. The molecule has 0 aliphatic rings. The molecule has 0 radical (unpaired) electrons. The molecule has 0 amide bonds. The number of thiazole rings is 1. The van der Waals surface area contributed by atoms with Crippen molar-refractivity contribution in [1.82, 2.24) is 9.71 Å². The topological polar surface area (TPSA) is 102 Å². The number of aromatic nitrogens is 1. The Morgan fingerprint density at radius 2 is 1.93 bits per heavy atom. The molecule has 7 nitrogen and oxygen atoms in total. The molecule has 0 saturated heterocycles. The maximum Gasteiger partial charge on any atom is 0.270 e. The van der Waals surface area contributed by atoms with Gasteiger partial charge in [0, 0.05) is 29.1 Å². The Labute approximate surface area is 171 Å². The van der Waals surface area contributed by atoms with E-state index in [0.717, 1.165) is 16.5 Å². The van der Waals surface area contributed by atoms with Crippen LogP contribution < -0.4 is 4.72 Å². The lowest BCUT2D eigenvalue weighted by Gasteiger charge is -2.08. The molecule has 146 valence electrons. The van der Waals surface area contributed by atoms with Crippen molar-refractivity contribution in [3.05, 3.63) is 73.7 Å². The lowest BCUT2D eigenvalue weighted by molar-refractivity contribution is -0.385. The number of non-ortho nitro benzene ring substituents is 1. The summed E-state index contributed by atoms with van der Waals surface area (Å²) in [6.45, 7) is 3.41. The van der Waals surface area contributed by atoms with Crippen LogP contribution in [0.1, 0.15) is 16.1 Å². The van der Waals surface area contributed by atoms with Crippen LogP contribution in [0.15, 0.2) is 47.4 Å². The molecular formula is C18H16ClN3O4S2. The fourth-order valence-corrected chi connectivity index (χ4v) is 5.24. The van der Waals surface area contributed by atoms with Crippen molar-refractivity contribution in [1.29, 1.82) is 0 Å². The molecule has 2 aromatic carbocycles. The van der Waals surface area contributed by atoms with E-state index in [-0.39, 0.29) is 17.1 Å². The first-order chi connectivity index (χ1) is 13.2. The standard InChI is InChI=1S/C18H16ClN3O4S2/c1-11-7-8-13(22(23)24)9-17(11)28(25,26)20-10-16-12(2)21-18(27-16)14-5-3-4-6-15(14)19/h3-9,20H,10H2,1-2H3. The highest BCUT2D eigenvalue weighted by Crippen LogP contribution is 2.33. The van der Waals surface area contributed by atoms with Crippen LogP contribution >= 0.6 is 22.9 Å². The van der Waals surface area contributed by atoms with E-state index >= 15 is 0 Å². The quantitative estimate of drug-likeness (QED) is 0.452. The summed E-state index contributed by atoms with van der Waals surface area (Å²) in [5.41, 5.74) is 1.62. The largest absolute Gasteiger partial charge is 0.270 e. The zero-order valence-electron chi connectivity index (χ0n) is 15.0. The lowest BCUT2D eigenvalue weighted by Crippen LogP contribution is -2.24. The summed E-state index contributed by atoms with van der Waals surface area (Å²) in [5, 5.41) is 12.2. The highest BCUT2D eigenvalue weighted by molar-refractivity contribution is 7.89. The summed E-state index contributed by atoms with van der Waals surface area (Å²) in [4.78, 5) is 15.4. The molecule has 1 aromatic heterocycles. The van der Waals surface area contributed by atoms with Crippen molar-refractivity contribution in [2.75, 3.05) is 0 Å². The minimum atomic E-state index is -3.93. The van der Waals surface area contributed by atoms with Crippen LogP contribution in [0.2, 0.25) is 5.02 Å². The molecule has 0 aliphatic carbocycles. The number of nitrogens with one attached hydrogen (secondary N) is 1. The predicted octanol–water partition coefficient (Wildman–Crippen LogP) is 4.47. The van der Waals surface area contributed by atoms with Gasteiger partial charge in [-0.05, 0) is 25.5 Å². The highest BCUT2D eigenvalue weighted by atomic mass is 35.5. The van der Waals surface area contributed by atoms with Gasteiger partial charge in [0.15, 0.2) is 0 Å². The smallest absolute Gasteiger partial charge is 0.258 e. The molecular weight excluding hydrogens is 422 g/mol. The van der Waals surface area contributed by atoms with Gasteiger partial charge in [-0.3, -0.25) is 10.1 Å². The number of aryl methyl sites for hydroxylation is 2. The number of rotatable bonds is 6. The number of hydrogen-bond donors (Lipinski definition) is 1. The molecule has 3 rings (SSSR count). The number of benzene rings is 2. The number of halogens is 1. The molecule has 0 aliphatic heterocycles. The van der Waals surface area contributed by atoms with Gasteiger partial charge < -0.3 is 0 Å². The number of nitro benzene ring substituents is 1. The number of nitrogens with zero attached hydrogens (tertiary/aromatic N) is 2. The van der Waals surface area contributed by atoms with E-state index in [1.165, 1.54) is 23.5 Å². The van der Waals surface area contributed by atoms with E-state index in [9.17, 15) is 18.5 Å². The number of hydrogen-bond acceptors (Lipinski definition) is 6. The first-order valence-electron chi connectivity index (χ1n) is 8.15. The maximum absolute atomic E-state index is 12.7. The molecule has 0 unspecified atom stereocenters. The molecule has 0 saturated carbocycles. The summed E-state index contributed by atoms with van der Waals surface area (Å²) in [5.74, 6) is 0. The van der Waals surface area contributed by atoms with Gasteiger partial charge in [-0.2, -0.15) is 0 Å². The number of nitro groups is 1. The van der Waals surface area contributed by atoms with E-state index in [2.05, 4.69) is 9.71 Å². The molecule has 3 aromatic rings. The van der Waals surface area contributed by atoms with Gasteiger partial charge in [0.2, 0.25) is 10.0 Å². The van der Waals surface area contributed by atoms with Gasteiger partial charge in [-0.15, -0.1) is 11.3 Å². The average Bonchev–Trinajstić information content (AvgIpc) is 3.01. The Morgan fingerprint density at radius 3 is 2.61 bits per heavy atom. The van der Waals surface area contributed by atoms with Gasteiger partial charge in [0.25, 0.3) is 5.69 Å². The summed E-state index contributed by atoms with van der Waals surface area (Å²) >= 11 is 7.55. The van der Waals surface area contributed by atoms with E-state index in [4.69, 9.17) is 11.6 Å². The molecule has 1 heterocycles. The van der Waals surface area contributed by atoms with Crippen molar-refractivity contribution in [3.63, 3.8) is 0 Å². The summed E-state index contributed by atoms with van der Waals surface area (Å²) < 4.78 is 27.9. The van der Waals surface area contributed by atoms with E-state index in [1.807, 2.05) is 18.2 Å². The van der Waals surface area contributed by atoms with Gasteiger partial charge in [0.1, 0.15) is 5.01 Å². The molecule has 0 fully saturated rings. The third-order valence-electron chi connectivity index (χ3n) is 4.09. The zero-order chi connectivity index (χ0) is 20.5. The minimum Gasteiger partial charge on any atom is -0.258 e. The van der Waals surface area contributed by atoms with Crippen molar-refractivity contribution in [2.45, 2.75) is 25.3 Å². The summed E-state index contributed by atoms with van der Waals surface area (Å²) in [6.07, 6.45) is 0. The highest BCUT2D eigenvalue weighted by Gasteiger charge is 2.21. The molecule has 0 spiro atoms. The fraction of sp³-hybridized carbons (Fsp3) is 0.167. The third kappa shape index (κ3) is 4.22. The van der Waals surface area contributed by atoms with Crippen molar-refractivity contribution in [2.24, 2.45) is 0 Å². The van der Waals surface area contributed by atoms with Gasteiger partial charge in [-0.25, -0.2) is 18.1 Å². The third-order valence-corrected chi connectivity index (χ3v) is 7.16. The van der Waals surface area contributed by atoms with Crippen LogP contribution in [-0.2, 0) is 16.6 Å². The summed E-state index contributed by atoms with van der Waals surface area (Å²) in [7, 11) is -3.93. The molecule has 0 bridgehead atoms. The Morgan fingerprint density at radius 1 is 1.21 bits per heavy atom. The SMILES string of the molecule is Cc1ccc([N+](=O)[O-])cc1S(=O)(=O)NCc1sc(-c2ccccc2Cl)nc1C. The zero-order valence-corrected chi connectivity index (χ0v) is 17.4. The van der Waals surface area contributed by atoms with Crippen LogP contribution in [0.4, 0.5) is 5.69 Å². The van der Waals surface area contributed by atoms with E-state index < -0.39 is 14.9 Å². The predicted molar refractivity (Wildman–Crippen MR) is 109 cm³/mol. The Balaban J connectivity index is 1.85. The minimum absolute atomic E-state index is 0.0262. The van der Waals surface area contributed by atoms with Crippen LogP contribution in [-0.4, -0.2) is 18.3 Å². The lowest BCUT2D eigenvalue weighted by atomic mass is 10.2. The van der Waals surface area contributed by atoms with Gasteiger partial charge >= 0.3 is 0 Å². The second-order valence-corrected chi connectivity index (χ2v) is 9.27. The number of sulfonamides is 1. The van der Waals surface area contributed by atoms with E-state index in [0.29, 0.717) is 21.3 Å². The van der Waals surface area contributed by atoms with Crippen LogP contribution in [0.5, 0.6) is 0 Å². The fourth-order valence-electron chi connectivity index (χ4n) is 2.57. The monoisotopic (exact) mass is 437 g/mol. The first-order valence-corrected chi connectivity index (χ1v) is 10.8. The van der Waals surface area contributed by atoms with Crippen molar-refractivity contribution < 1.29 is 13.3 Å². The molecule has 1 N–H and O–H groups in total. The molecule has 0 atom stereocenters. The Kier molecular flexibility index (Phi) is 5.80. The van der Waals surface area contributed by atoms with Crippen molar-refractivity contribution >= 4 is 38.6 Å². The molecule has 28 heavy (non-hydrogen) atoms. The first kappa shape index (κ1) is 20.4. The Hall–Kier alpha value is -2.33. The van der Waals surface area contributed by atoms with Crippen LogP contribution in [0.25, 0.3) is 10.6 Å². The average molecular weight is 438 g/mol. The van der Waals surface area contributed by atoms with E-state index in [1.54, 1.807) is 19.9 Å². The van der Waals surface area contributed by atoms with Gasteiger partial charge in [-0.1, -0.05) is 35.9 Å².